The lowest BCUT2D eigenvalue weighted by molar-refractivity contribution is -0.468. The second-order valence-corrected chi connectivity index (χ2v) is 7.73. The summed E-state index contributed by atoms with van der Waals surface area (Å²) >= 11 is 0. The van der Waals surface area contributed by atoms with Crippen LogP contribution in [0.2, 0.25) is 0 Å². The van der Waals surface area contributed by atoms with Gasteiger partial charge in [0.2, 0.25) is 0 Å². The van der Waals surface area contributed by atoms with Crippen molar-refractivity contribution < 1.29 is 29.0 Å². The van der Waals surface area contributed by atoms with Gasteiger partial charge in [-0.1, -0.05) is 0 Å². The van der Waals surface area contributed by atoms with E-state index in [1.54, 1.807) is 28.1 Å². The molecule has 6 nitrogen and oxygen atoms in total. The van der Waals surface area contributed by atoms with Crippen LogP contribution in [0.1, 0.15) is 68.2 Å². The average Bonchev–Trinajstić information content (AvgIpc) is 2.39. The second-order valence-electron chi connectivity index (χ2n) is 7.73. The standard InChI is InChI=1S/C16H34O6/c1-13(2,3)19-21-15(7,17-9)11-12-16(8,18-10)22-20-14(4,5)6/h11-12H2,1-10H3. The van der Waals surface area contributed by atoms with Crippen LogP contribution in [0, 0.1) is 0 Å². The van der Waals surface area contributed by atoms with E-state index >= 15 is 0 Å². The molecule has 6 heteroatoms. The van der Waals surface area contributed by atoms with E-state index in [2.05, 4.69) is 0 Å². The van der Waals surface area contributed by atoms with Crippen LogP contribution in [0.3, 0.4) is 0 Å². The summed E-state index contributed by atoms with van der Waals surface area (Å²) < 4.78 is 10.8. The minimum absolute atomic E-state index is 0.420. The molecule has 0 aliphatic rings. The van der Waals surface area contributed by atoms with Crippen molar-refractivity contribution in [2.45, 2.75) is 91.0 Å². The monoisotopic (exact) mass is 322 g/mol. The molecule has 0 heterocycles. The fraction of sp³-hybridized carbons (Fsp3) is 1.00. The van der Waals surface area contributed by atoms with Crippen LogP contribution < -0.4 is 0 Å². The summed E-state index contributed by atoms with van der Waals surface area (Å²) in [6, 6.07) is 0. The maximum atomic E-state index is 5.45. The third kappa shape index (κ3) is 9.71. The van der Waals surface area contributed by atoms with Crippen molar-refractivity contribution in [1.29, 1.82) is 0 Å². The van der Waals surface area contributed by atoms with E-state index < -0.39 is 22.8 Å². The highest BCUT2D eigenvalue weighted by molar-refractivity contribution is 4.70. The molecule has 0 fully saturated rings. The first kappa shape index (κ1) is 21.8. The van der Waals surface area contributed by atoms with Crippen molar-refractivity contribution >= 4 is 0 Å². The van der Waals surface area contributed by atoms with Gasteiger partial charge in [-0.05, 0) is 55.4 Å². The SMILES string of the molecule is COC(C)(CCC(C)(OC)OOC(C)(C)C)OOC(C)(C)C. The Morgan fingerprint density at radius 3 is 0.955 bits per heavy atom. The molecule has 0 amide bonds. The van der Waals surface area contributed by atoms with E-state index in [-0.39, 0.29) is 0 Å². The van der Waals surface area contributed by atoms with Gasteiger partial charge in [0.15, 0.2) is 11.6 Å². The lowest BCUT2D eigenvalue weighted by Crippen LogP contribution is -2.40. The molecule has 0 spiro atoms. The maximum Gasteiger partial charge on any atom is 0.198 e. The summed E-state index contributed by atoms with van der Waals surface area (Å²) in [5.74, 6) is -1.81. The van der Waals surface area contributed by atoms with Gasteiger partial charge >= 0.3 is 0 Å². The van der Waals surface area contributed by atoms with E-state index in [1.807, 2.05) is 41.5 Å². The van der Waals surface area contributed by atoms with Gasteiger partial charge in [-0.2, -0.15) is 0 Å². The highest BCUT2D eigenvalue weighted by Gasteiger charge is 2.35. The summed E-state index contributed by atoms with van der Waals surface area (Å²) in [7, 11) is 3.14. The van der Waals surface area contributed by atoms with Gasteiger partial charge in [0.25, 0.3) is 0 Å². The normalized spacial score (nSPS) is 18.8. The van der Waals surface area contributed by atoms with E-state index in [4.69, 9.17) is 29.0 Å². The summed E-state index contributed by atoms with van der Waals surface area (Å²) in [5.41, 5.74) is -0.841. The van der Waals surface area contributed by atoms with E-state index in [0.29, 0.717) is 12.8 Å². The van der Waals surface area contributed by atoms with Crippen molar-refractivity contribution in [3.8, 4) is 0 Å². The third-order valence-corrected chi connectivity index (χ3v) is 2.83. The Kier molecular flexibility index (Phi) is 7.95. The molecule has 0 bridgehead atoms. The third-order valence-electron chi connectivity index (χ3n) is 2.83. The summed E-state index contributed by atoms with van der Waals surface area (Å²) in [6.07, 6.45) is 0.995. The first-order valence-electron chi connectivity index (χ1n) is 7.58. The highest BCUT2D eigenvalue weighted by atomic mass is 17.2. The quantitative estimate of drug-likeness (QED) is 0.363. The Hall–Kier alpha value is -0.240. The molecular weight excluding hydrogens is 288 g/mol. The lowest BCUT2D eigenvalue weighted by atomic mass is 10.1. The van der Waals surface area contributed by atoms with Gasteiger partial charge in [-0.3, -0.25) is 0 Å². The van der Waals surface area contributed by atoms with Gasteiger partial charge in [0.1, 0.15) is 0 Å². The van der Waals surface area contributed by atoms with E-state index in [1.165, 1.54) is 0 Å². The topological polar surface area (TPSA) is 55.4 Å². The van der Waals surface area contributed by atoms with Crippen LogP contribution in [0.5, 0.6) is 0 Å². The molecule has 0 radical (unpaired) electrons. The molecule has 2 atom stereocenters. The molecule has 0 saturated heterocycles. The van der Waals surface area contributed by atoms with Crippen LogP contribution in [-0.4, -0.2) is 37.0 Å². The fourth-order valence-electron chi connectivity index (χ4n) is 1.24. The van der Waals surface area contributed by atoms with Crippen molar-refractivity contribution in [2.75, 3.05) is 14.2 Å². The largest absolute Gasteiger partial charge is 0.351 e. The predicted molar refractivity (Wildman–Crippen MR) is 83.9 cm³/mol. The number of methoxy groups -OCH3 is 2. The highest BCUT2D eigenvalue weighted by Crippen LogP contribution is 2.29. The van der Waals surface area contributed by atoms with Gasteiger partial charge < -0.3 is 9.47 Å². The summed E-state index contributed by atoms with van der Waals surface area (Å²) in [6.45, 7) is 15.0. The van der Waals surface area contributed by atoms with Gasteiger partial charge in [0, 0.05) is 27.1 Å². The van der Waals surface area contributed by atoms with Crippen molar-refractivity contribution in [3.05, 3.63) is 0 Å². The molecule has 0 saturated carbocycles. The number of hydrogen-bond acceptors (Lipinski definition) is 6. The number of ether oxygens (including phenoxy) is 2. The molecule has 0 aliphatic carbocycles. The maximum absolute atomic E-state index is 5.45. The van der Waals surface area contributed by atoms with Gasteiger partial charge in [-0.15, -0.1) is 0 Å². The Labute approximate surface area is 135 Å². The average molecular weight is 322 g/mol. The Morgan fingerprint density at radius 1 is 0.500 bits per heavy atom. The van der Waals surface area contributed by atoms with Crippen LogP contribution in [0.25, 0.3) is 0 Å². The van der Waals surface area contributed by atoms with Crippen LogP contribution in [0.15, 0.2) is 0 Å². The van der Waals surface area contributed by atoms with Gasteiger partial charge in [0.05, 0.1) is 11.2 Å². The second kappa shape index (κ2) is 8.04. The Morgan fingerprint density at radius 2 is 0.773 bits per heavy atom. The van der Waals surface area contributed by atoms with Gasteiger partial charge in [-0.25, -0.2) is 19.6 Å². The zero-order valence-electron chi connectivity index (χ0n) is 15.9. The minimum Gasteiger partial charge on any atom is -0.351 e. The molecule has 0 N–H and O–H groups in total. The molecule has 134 valence electrons. The van der Waals surface area contributed by atoms with Crippen molar-refractivity contribution in [2.24, 2.45) is 0 Å². The molecule has 2 unspecified atom stereocenters. The number of hydrogen-bond donors (Lipinski definition) is 0. The fourth-order valence-corrected chi connectivity index (χ4v) is 1.24. The molecular formula is C16H34O6. The van der Waals surface area contributed by atoms with Crippen LogP contribution in [-0.2, 0) is 29.0 Å². The molecule has 0 aliphatic heterocycles. The van der Waals surface area contributed by atoms with E-state index in [0.717, 1.165) is 0 Å². The first-order valence-corrected chi connectivity index (χ1v) is 7.58. The first-order chi connectivity index (χ1) is 9.74. The smallest absolute Gasteiger partial charge is 0.198 e. The predicted octanol–water partition coefficient (Wildman–Crippen LogP) is 3.99. The Balaban J connectivity index is 4.60. The molecule has 0 aromatic rings. The zero-order valence-corrected chi connectivity index (χ0v) is 15.9. The molecule has 22 heavy (non-hydrogen) atoms. The molecule has 0 aromatic heterocycles. The molecule has 0 aromatic carbocycles. The van der Waals surface area contributed by atoms with E-state index in [9.17, 15) is 0 Å². The zero-order chi connectivity index (χ0) is 17.7. The van der Waals surface area contributed by atoms with Crippen LogP contribution >= 0.6 is 0 Å². The van der Waals surface area contributed by atoms with Crippen molar-refractivity contribution in [3.63, 3.8) is 0 Å². The lowest BCUT2D eigenvalue weighted by Gasteiger charge is -2.35. The summed E-state index contributed by atoms with van der Waals surface area (Å²) in [5, 5.41) is 0. The van der Waals surface area contributed by atoms with Crippen LogP contribution in [0.4, 0.5) is 0 Å². The minimum atomic E-state index is -0.905. The number of rotatable bonds is 9. The Bertz CT molecular complexity index is 288. The van der Waals surface area contributed by atoms with Crippen molar-refractivity contribution in [1.82, 2.24) is 0 Å². The summed E-state index contributed by atoms with van der Waals surface area (Å²) in [4.78, 5) is 21.6. The molecule has 0 rings (SSSR count).